The van der Waals surface area contributed by atoms with Crippen molar-refractivity contribution in [1.29, 1.82) is 0 Å². The Morgan fingerprint density at radius 3 is 1.64 bits per heavy atom. The molecule has 0 aromatic heterocycles. The van der Waals surface area contributed by atoms with Gasteiger partial charge in [-0.05, 0) is 89.8 Å². The zero-order valence-corrected chi connectivity index (χ0v) is 32.5. The zero-order chi connectivity index (χ0) is 32.6. The fraction of sp³-hybridized carbons (Fsp3) is 0.976. The number of rotatable bonds is 26. The first-order valence-corrected chi connectivity index (χ1v) is 19.5. The average Bonchev–Trinajstić information content (AvgIpc) is 2.93. The highest BCUT2D eigenvalue weighted by atomic mass is 14.6. The Hall–Kier alpha value is 0. The van der Waals surface area contributed by atoms with Crippen molar-refractivity contribution in [3.8, 4) is 0 Å². The summed E-state index contributed by atoms with van der Waals surface area (Å²) in [5.74, 6) is 6.36. The van der Waals surface area contributed by atoms with Crippen molar-refractivity contribution >= 4 is 0 Å². The topological polar surface area (TPSA) is 0 Å². The molecule has 0 aliphatic carbocycles. The molecule has 0 N–H and O–H groups in total. The van der Waals surface area contributed by atoms with Crippen molar-refractivity contribution in [2.75, 3.05) is 0 Å². The Balaban J connectivity index is 7.32. The van der Waals surface area contributed by atoms with E-state index >= 15 is 0 Å². The van der Waals surface area contributed by atoms with Gasteiger partial charge >= 0.3 is 0 Å². The van der Waals surface area contributed by atoms with E-state index in [1.54, 1.807) is 0 Å². The quantitative estimate of drug-likeness (QED) is 0.0880. The first-order valence-electron chi connectivity index (χ1n) is 19.5. The van der Waals surface area contributed by atoms with Crippen molar-refractivity contribution < 1.29 is 0 Å². The molecular weight excluding hydrogens is 504 g/mol. The monoisotopic (exact) mass is 590 g/mol. The van der Waals surface area contributed by atoms with E-state index in [4.69, 9.17) is 0 Å². The van der Waals surface area contributed by atoms with Crippen LogP contribution in [0.1, 0.15) is 213 Å². The van der Waals surface area contributed by atoms with Gasteiger partial charge < -0.3 is 0 Å². The second kappa shape index (κ2) is 20.9. The van der Waals surface area contributed by atoms with Gasteiger partial charge in [-0.1, -0.05) is 181 Å². The smallest absolute Gasteiger partial charge is 0.0153 e. The fourth-order valence-electron chi connectivity index (χ4n) is 9.49. The molecule has 0 saturated carbocycles. The highest BCUT2D eigenvalue weighted by molar-refractivity contribution is 5.18. The van der Waals surface area contributed by atoms with Gasteiger partial charge in [0.2, 0.25) is 0 Å². The van der Waals surface area contributed by atoms with E-state index in [1.807, 2.05) is 5.92 Å². The van der Waals surface area contributed by atoms with Crippen LogP contribution < -0.4 is 0 Å². The maximum atomic E-state index is 2.82. The molecule has 0 aliphatic heterocycles. The van der Waals surface area contributed by atoms with Crippen molar-refractivity contribution in [3.05, 3.63) is 5.92 Å². The second-order valence-electron chi connectivity index (χ2n) is 16.8. The first kappa shape index (κ1) is 42.0. The summed E-state index contributed by atoms with van der Waals surface area (Å²) < 4.78 is 0. The second-order valence-corrected chi connectivity index (χ2v) is 16.8. The molecule has 0 rings (SSSR count). The third kappa shape index (κ3) is 12.1. The van der Waals surface area contributed by atoms with Gasteiger partial charge in [-0.25, -0.2) is 0 Å². The van der Waals surface area contributed by atoms with Crippen LogP contribution in [0.3, 0.4) is 0 Å². The lowest BCUT2D eigenvalue weighted by Gasteiger charge is -2.62. The van der Waals surface area contributed by atoms with Gasteiger partial charge in [0.1, 0.15) is 0 Å². The van der Waals surface area contributed by atoms with E-state index in [-0.39, 0.29) is 5.41 Å². The normalized spacial score (nSPS) is 20.0. The van der Waals surface area contributed by atoms with Gasteiger partial charge in [-0.3, -0.25) is 0 Å². The van der Waals surface area contributed by atoms with Gasteiger partial charge in [-0.2, -0.15) is 0 Å². The third-order valence-electron chi connectivity index (χ3n) is 12.9. The summed E-state index contributed by atoms with van der Waals surface area (Å²) in [5.41, 5.74) is 0.993. The fourth-order valence-corrected chi connectivity index (χ4v) is 9.49. The Morgan fingerprint density at radius 2 is 1.12 bits per heavy atom. The number of hydrogen-bond acceptors (Lipinski definition) is 0. The molecule has 0 heterocycles. The summed E-state index contributed by atoms with van der Waals surface area (Å²) in [6.45, 7) is 38.5. The minimum atomic E-state index is 0.271. The molecule has 253 valence electrons. The van der Waals surface area contributed by atoms with Crippen molar-refractivity contribution in [2.24, 2.45) is 51.8 Å². The van der Waals surface area contributed by atoms with Crippen LogP contribution in [-0.4, -0.2) is 0 Å². The molecule has 42 heavy (non-hydrogen) atoms. The van der Waals surface area contributed by atoms with Crippen LogP contribution in [0.25, 0.3) is 0 Å². The van der Waals surface area contributed by atoms with E-state index in [9.17, 15) is 0 Å². The van der Waals surface area contributed by atoms with Gasteiger partial charge in [0.05, 0.1) is 0 Å². The van der Waals surface area contributed by atoms with E-state index in [2.05, 4.69) is 104 Å². The maximum absolute atomic E-state index is 2.82. The minimum Gasteiger partial charge on any atom is -0.0654 e. The predicted octanol–water partition coefficient (Wildman–Crippen LogP) is 15.1. The molecular formula is C42H85. The molecule has 8 unspecified atom stereocenters. The van der Waals surface area contributed by atoms with Gasteiger partial charge in [0, 0.05) is 0 Å². The summed E-state index contributed by atoms with van der Waals surface area (Å²) in [6.07, 6.45) is 23.1. The van der Waals surface area contributed by atoms with E-state index in [0.717, 1.165) is 23.7 Å². The minimum absolute atomic E-state index is 0.271. The highest BCUT2D eigenvalue weighted by Gasteiger charge is 2.58. The molecule has 0 aromatic rings. The van der Waals surface area contributed by atoms with E-state index < -0.39 is 0 Å². The zero-order valence-electron chi connectivity index (χ0n) is 32.5. The Bertz CT molecular complexity index is 646. The average molecular weight is 590 g/mol. The molecule has 8 atom stereocenters. The van der Waals surface area contributed by atoms with Gasteiger partial charge in [0.25, 0.3) is 0 Å². The van der Waals surface area contributed by atoms with E-state index in [1.165, 1.54) is 109 Å². The summed E-state index contributed by atoms with van der Waals surface area (Å²) in [7, 11) is 0. The molecule has 0 nitrogen and oxygen atoms in total. The predicted molar refractivity (Wildman–Crippen MR) is 195 cm³/mol. The van der Waals surface area contributed by atoms with E-state index in [0.29, 0.717) is 22.7 Å². The molecule has 0 saturated heterocycles. The van der Waals surface area contributed by atoms with Gasteiger partial charge in [-0.15, -0.1) is 0 Å². The van der Waals surface area contributed by atoms with Crippen molar-refractivity contribution in [3.63, 3.8) is 0 Å². The molecule has 0 amide bonds. The summed E-state index contributed by atoms with van der Waals surface area (Å²) in [5, 5.41) is 0. The van der Waals surface area contributed by atoms with Crippen LogP contribution in [-0.2, 0) is 0 Å². The lowest BCUT2D eigenvalue weighted by Crippen LogP contribution is -2.55. The molecule has 0 bridgehead atoms. The lowest BCUT2D eigenvalue weighted by molar-refractivity contribution is -0.0877. The lowest BCUT2D eigenvalue weighted by atomic mass is 9.42. The summed E-state index contributed by atoms with van der Waals surface area (Å²) >= 11 is 0. The Labute approximate surface area is 270 Å². The SMILES string of the molecule is CCCCCC(C)C(C)[C](C)C(CCC(C)(C)CCC)(C(C)CC(C)CCC)C(C)(CCCC)C(C)C(C)CCCC. The van der Waals surface area contributed by atoms with Crippen LogP contribution in [0.15, 0.2) is 0 Å². The molecule has 0 fully saturated rings. The third-order valence-corrected chi connectivity index (χ3v) is 12.9. The summed E-state index contributed by atoms with van der Waals surface area (Å²) in [6, 6.07) is 0. The maximum Gasteiger partial charge on any atom is -0.0153 e. The van der Waals surface area contributed by atoms with Crippen LogP contribution in [0.4, 0.5) is 0 Å². The van der Waals surface area contributed by atoms with Gasteiger partial charge in [0.15, 0.2) is 0 Å². The van der Waals surface area contributed by atoms with Crippen LogP contribution in [0.2, 0.25) is 0 Å². The van der Waals surface area contributed by atoms with Crippen LogP contribution in [0, 0.1) is 57.7 Å². The molecule has 0 aliphatic rings. The van der Waals surface area contributed by atoms with Crippen LogP contribution in [0.5, 0.6) is 0 Å². The van der Waals surface area contributed by atoms with Crippen molar-refractivity contribution in [2.45, 2.75) is 213 Å². The highest BCUT2D eigenvalue weighted by Crippen LogP contribution is 2.65. The molecule has 0 spiro atoms. The largest absolute Gasteiger partial charge is 0.0654 e. The Kier molecular flexibility index (Phi) is 20.9. The molecule has 1 radical (unpaired) electrons. The number of unbranched alkanes of at least 4 members (excludes halogenated alkanes) is 4. The first-order chi connectivity index (χ1) is 19.6. The molecule has 0 aromatic carbocycles. The standard InChI is InChI=1S/C42H85/c1-16-21-24-27-34(7)37(10)39(12)42(31-30-40(13,14)28-20-5,36(9)32-33(6)25-19-4)41(15,29-23-18-3)38(11)35(8)26-22-17-2/h33-38H,16-32H2,1-15H3. The Morgan fingerprint density at radius 1 is 0.548 bits per heavy atom. The van der Waals surface area contributed by atoms with Crippen molar-refractivity contribution in [1.82, 2.24) is 0 Å². The number of hydrogen-bond donors (Lipinski definition) is 0. The van der Waals surface area contributed by atoms with Crippen LogP contribution >= 0.6 is 0 Å². The summed E-state index contributed by atoms with van der Waals surface area (Å²) in [4.78, 5) is 0. The molecule has 0 heteroatoms.